The van der Waals surface area contributed by atoms with Gasteiger partial charge in [-0.15, -0.1) is 0 Å². The largest absolute Gasteiger partial charge is 0.382 e. The fourth-order valence-corrected chi connectivity index (χ4v) is 1.41. The summed E-state index contributed by atoms with van der Waals surface area (Å²) in [6.45, 7) is 9.09. The van der Waals surface area contributed by atoms with Crippen LogP contribution in [0, 0.1) is 5.92 Å². The van der Waals surface area contributed by atoms with Crippen LogP contribution in [0.1, 0.15) is 38.1 Å². The van der Waals surface area contributed by atoms with E-state index in [1.54, 1.807) is 0 Å². The average Bonchev–Trinajstić information content (AvgIpc) is 2.30. The lowest BCUT2D eigenvalue weighted by Gasteiger charge is -2.18. The first-order chi connectivity index (χ1) is 8.04. The molecule has 0 fully saturated rings. The van der Waals surface area contributed by atoms with Crippen LogP contribution in [0.15, 0.2) is 24.3 Å². The minimum Gasteiger partial charge on any atom is -0.382 e. The van der Waals surface area contributed by atoms with E-state index in [4.69, 9.17) is 0 Å². The molecule has 0 aliphatic rings. The van der Waals surface area contributed by atoms with E-state index in [0.717, 1.165) is 5.69 Å². The summed E-state index contributed by atoms with van der Waals surface area (Å²) >= 11 is 0. The van der Waals surface area contributed by atoms with Crippen molar-refractivity contribution in [2.24, 2.45) is 5.92 Å². The summed E-state index contributed by atoms with van der Waals surface area (Å²) in [5, 5.41) is 6.19. The van der Waals surface area contributed by atoms with Gasteiger partial charge in [-0.3, -0.25) is 4.79 Å². The standard InChI is InChI=1S/C14H22N2O/c1-5-15-14(17)12-6-8-13(9-7-12)16-11(4)10(2)3/h6-11,16H,5H2,1-4H3,(H,15,17). The van der Waals surface area contributed by atoms with Gasteiger partial charge in [-0.25, -0.2) is 0 Å². The van der Waals surface area contributed by atoms with Crippen LogP contribution in [0.5, 0.6) is 0 Å². The molecule has 3 nitrogen and oxygen atoms in total. The van der Waals surface area contributed by atoms with Crippen LogP contribution < -0.4 is 10.6 Å². The van der Waals surface area contributed by atoms with Gasteiger partial charge in [-0.05, 0) is 44.0 Å². The Morgan fingerprint density at radius 2 is 1.76 bits per heavy atom. The van der Waals surface area contributed by atoms with Crippen LogP contribution >= 0.6 is 0 Å². The van der Waals surface area contributed by atoms with Crippen LogP contribution in [-0.4, -0.2) is 18.5 Å². The highest BCUT2D eigenvalue weighted by Gasteiger charge is 2.07. The maximum absolute atomic E-state index is 11.6. The fraction of sp³-hybridized carbons (Fsp3) is 0.500. The third kappa shape index (κ3) is 4.10. The first-order valence-corrected chi connectivity index (χ1v) is 6.19. The summed E-state index contributed by atoms with van der Waals surface area (Å²) in [5.74, 6) is 0.564. The minimum absolute atomic E-state index is 0.0176. The van der Waals surface area contributed by atoms with Gasteiger partial charge in [0.25, 0.3) is 5.91 Å². The lowest BCUT2D eigenvalue weighted by atomic mass is 10.1. The molecule has 1 aromatic carbocycles. The molecule has 1 rings (SSSR count). The van der Waals surface area contributed by atoms with Gasteiger partial charge < -0.3 is 10.6 Å². The summed E-state index contributed by atoms with van der Waals surface area (Å²) in [6, 6.07) is 8.01. The molecule has 0 spiro atoms. The maximum Gasteiger partial charge on any atom is 0.251 e. The van der Waals surface area contributed by atoms with Gasteiger partial charge >= 0.3 is 0 Å². The second-order valence-corrected chi connectivity index (χ2v) is 4.61. The van der Waals surface area contributed by atoms with Crippen LogP contribution in [0.25, 0.3) is 0 Å². The molecular weight excluding hydrogens is 212 g/mol. The average molecular weight is 234 g/mol. The van der Waals surface area contributed by atoms with Crippen LogP contribution in [0.2, 0.25) is 0 Å². The molecular formula is C14H22N2O. The van der Waals surface area contributed by atoms with Crippen molar-refractivity contribution in [2.45, 2.75) is 33.7 Å². The molecule has 1 aromatic rings. The Morgan fingerprint density at radius 1 is 1.18 bits per heavy atom. The molecule has 17 heavy (non-hydrogen) atoms. The van der Waals surface area contributed by atoms with Crippen molar-refractivity contribution in [1.82, 2.24) is 5.32 Å². The third-order valence-corrected chi connectivity index (χ3v) is 2.88. The zero-order valence-electron chi connectivity index (χ0n) is 11.1. The van der Waals surface area contributed by atoms with Gasteiger partial charge in [-0.2, -0.15) is 0 Å². The SMILES string of the molecule is CCNC(=O)c1ccc(NC(C)C(C)C)cc1. The summed E-state index contributed by atoms with van der Waals surface area (Å²) in [4.78, 5) is 11.6. The lowest BCUT2D eigenvalue weighted by Crippen LogP contribution is -2.23. The molecule has 0 heterocycles. The zero-order valence-corrected chi connectivity index (χ0v) is 11.1. The second-order valence-electron chi connectivity index (χ2n) is 4.61. The highest BCUT2D eigenvalue weighted by atomic mass is 16.1. The van der Waals surface area contributed by atoms with Crippen LogP contribution in [0.4, 0.5) is 5.69 Å². The molecule has 2 N–H and O–H groups in total. The highest BCUT2D eigenvalue weighted by Crippen LogP contribution is 2.13. The van der Waals surface area contributed by atoms with Crippen LogP contribution in [0.3, 0.4) is 0 Å². The van der Waals surface area contributed by atoms with E-state index < -0.39 is 0 Å². The van der Waals surface area contributed by atoms with Crippen molar-refractivity contribution >= 4 is 11.6 Å². The fourth-order valence-electron chi connectivity index (χ4n) is 1.41. The number of carbonyl (C=O) groups excluding carboxylic acids is 1. The Kier molecular flexibility index (Phi) is 5.01. The maximum atomic E-state index is 11.6. The van der Waals surface area contributed by atoms with E-state index >= 15 is 0 Å². The Hall–Kier alpha value is -1.51. The number of nitrogens with one attached hydrogen (secondary N) is 2. The number of anilines is 1. The van der Waals surface area contributed by atoms with E-state index in [2.05, 4.69) is 31.4 Å². The van der Waals surface area contributed by atoms with Gasteiger partial charge in [0.15, 0.2) is 0 Å². The Bertz CT molecular complexity index is 357. The predicted molar refractivity (Wildman–Crippen MR) is 72.4 cm³/mol. The number of rotatable bonds is 5. The number of amides is 1. The molecule has 0 radical (unpaired) electrons. The quantitative estimate of drug-likeness (QED) is 0.822. The molecule has 0 aromatic heterocycles. The monoisotopic (exact) mass is 234 g/mol. The number of benzene rings is 1. The van der Waals surface area contributed by atoms with Crippen molar-refractivity contribution in [3.8, 4) is 0 Å². The van der Waals surface area contributed by atoms with Crippen molar-refractivity contribution in [1.29, 1.82) is 0 Å². The summed E-state index contributed by atoms with van der Waals surface area (Å²) in [6.07, 6.45) is 0. The summed E-state index contributed by atoms with van der Waals surface area (Å²) in [7, 11) is 0. The molecule has 1 unspecified atom stereocenters. The van der Waals surface area contributed by atoms with Crippen LogP contribution in [-0.2, 0) is 0 Å². The molecule has 0 saturated carbocycles. The molecule has 0 saturated heterocycles. The zero-order chi connectivity index (χ0) is 12.8. The van der Waals surface area contributed by atoms with Gasteiger partial charge in [0.1, 0.15) is 0 Å². The lowest BCUT2D eigenvalue weighted by molar-refractivity contribution is 0.0956. The van der Waals surface area contributed by atoms with E-state index in [9.17, 15) is 4.79 Å². The van der Waals surface area contributed by atoms with Gasteiger partial charge in [-0.1, -0.05) is 13.8 Å². The topological polar surface area (TPSA) is 41.1 Å². The molecule has 94 valence electrons. The van der Waals surface area contributed by atoms with E-state index in [-0.39, 0.29) is 5.91 Å². The van der Waals surface area contributed by atoms with Gasteiger partial charge in [0, 0.05) is 23.8 Å². The van der Waals surface area contributed by atoms with Crippen molar-refractivity contribution < 1.29 is 4.79 Å². The molecule has 3 heteroatoms. The molecule has 1 atom stereocenters. The van der Waals surface area contributed by atoms with Crippen molar-refractivity contribution in [2.75, 3.05) is 11.9 Å². The predicted octanol–water partition coefficient (Wildman–Crippen LogP) is 2.89. The van der Waals surface area contributed by atoms with Gasteiger partial charge in [0.05, 0.1) is 0 Å². The number of carbonyl (C=O) groups is 1. The molecule has 0 aliphatic heterocycles. The first kappa shape index (κ1) is 13.6. The van der Waals surface area contributed by atoms with E-state index in [0.29, 0.717) is 24.1 Å². The molecule has 0 bridgehead atoms. The van der Waals surface area contributed by atoms with Crippen molar-refractivity contribution in [3.05, 3.63) is 29.8 Å². The summed E-state index contributed by atoms with van der Waals surface area (Å²) < 4.78 is 0. The van der Waals surface area contributed by atoms with E-state index in [1.807, 2.05) is 31.2 Å². The second kappa shape index (κ2) is 6.28. The molecule has 1 amide bonds. The Balaban J connectivity index is 2.65. The summed E-state index contributed by atoms with van der Waals surface area (Å²) in [5.41, 5.74) is 1.76. The number of hydrogen-bond donors (Lipinski definition) is 2. The smallest absolute Gasteiger partial charge is 0.251 e. The first-order valence-electron chi connectivity index (χ1n) is 6.19. The number of hydrogen-bond acceptors (Lipinski definition) is 2. The van der Waals surface area contributed by atoms with Gasteiger partial charge in [0.2, 0.25) is 0 Å². The highest BCUT2D eigenvalue weighted by molar-refractivity contribution is 5.94. The Morgan fingerprint density at radius 3 is 2.24 bits per heavy atom. The third-order valence-electron chi connectivity index (χ3n) is 2.88. The normalized spacial score (nSPS) is 12.3. The van der Waals surface area contributed by atoms with Crippen molar-refractivity contribution in [3.63, 3.8) is 0 Å². The van der Waals surface area contributed by atoms with E-state index in [1.165, 1.54) is 0 Å². The molecule has 0 aliphatic carbocycles. The minimum atomic E-state index is -0.0176. The Labute approximate surface area is 104 Å².